The lowest BCUT2D eigenvalue weighted by atomic mass is 9.98. The van der Waals surface area contributed by atoms with Crippen LogP contribution in [0.3, 0.4) is 0 Å². The third-order valence-electron chi connectivity index (χ3n) is 4.75. The highest BCUT2D eigenvalue weighted by Gasteiger charge is 2.33. The molecule has 0 saturated carbocycles. The zero-order valence-electron chi connectivity index (χ0n) is 14.3. The molecular weight excluding hydrogens is 348 g/mol. The van der Waals surface area contributed by atoms with Crippen LogP contribution < -0.4 is 11.3 Å². The van der Waals surface area contributed by atoms with Gasteiger partial charge >= 0.3 is 5.97 Å². The first-order chi connectivity index (χ1) is 12.6. The van der Waals surface area contributed by atoms with Crippen molar-refractivity contribution in [3.05, 3.63) is 70.0 Å². The Bertz CT molecular complexity index is 1070. The van der Waals surface area contributed by atoms with Gasteiger partial charge in [-0.3, -0.25) is 9.36 Å². The number of hydrogen-bond acceptors (Lipinski definition) is 5. The van der Waals surface area contributed by atoms with Crippen molar-refractivity contribution in [2.75, 3.05) is 18.6 Å². The van der Waals surface area contributed by atoms with Crippen LogP contribution >= 0.6 is 11.8 Å². The highest BCUT2D eigenvalue weighted by Crippen LogP contribution is 2.38. The molecule has 2 aromatic carbocycles. The van der Waals surface area contributed by atoms with E-state index < -0.39 is 12.0 Å². The van der Waals surface area contributed by atoms with E-state index in [9.17, 15) is 9.59 Å². The molecule has 1 aliphatic heterocycles. The van der Waals surface area contributed by atoms with E-state index in [-0.39, 0.29) is 5.56 Å². The summed E-state index contributed by atoms with van der Waals surface area (Å²) in [5.41, 5.74) is 8.62. The summed E-state index contributed by atoms with van der Waals surface area (Å²) in [5.74, 6) is 0.0451. The minimum atomic E-state index is -0.610. The lowest BCUT2D eigenvalue weighted by molar-refractivity contribution is -0.143. The van der Waals surface area contributed by atoms with Crippen LogP contribution in [0.5, 0.6) is 0 Å². The predicted octanol–water partition coefficient (Wildman–Crippen LogP) is 2.99. The number of ether oxygens (including phenoxy) is 1. The molecule has 0 spiro atoms. The number of anilines is 1. The highest BCUT2D eigenvalue weighted by atomic mass is 32.2. The van der Waals surface area contributed by atoms with Gasteiger partial charge in [0.1, 0.15) is 11.1 Å². The molecule has 0 aliphatic carbocycles. The van der Waals surface area contributed by atoms with Gasteiger partial charge in [-0.2, -0.15) is 0 Å². The Kier molecular flexibility index (Phi) is 4.20. The molecule has 5 nitrogen and oxygen atoms in total. The van der Waals surface area contributed by atoms with Gasteiger partial charge in [0, 0.05) is 18.2 Å². The summed E-state index contributed by atoms with van der Waals surface area (Å²) < 4.78 is 6.26. The Morgan fingerprint density at radius 1 is 1.23 bits per heavy atom. The number of nitrogens with zero attached hydrogens (tertiary/aromatic N) is 1. The molecule has 2 N–H and O–H groups in total. The molecule has 1 atom stereocenters. The molecule has 3 aromatic rings. The summed E-state index contributed by atoms with van der Waals surface area (Å²) in [6, 6.07) is 15.2. The standard InChI is InChI=1S/C20H18N2O3S/c1-25-20(24)16-11-26-19-18(21)14(10-17(23)22(16)19)9-13-7-4-6-12-5-2-3-8-15(12)13/h2-8,10,16H,9,11,21H2,1H3/t16-/m0/s1. The number of aromatic nitrogens is 1. The molecule has 0 amide bonds. The number of nitrogen functional groups attached to an aromatic ring is 1. The van der Waals surface area contributed by atoms with E-state index in [1.807, 2.05) is 18.2 Å². The number of nitrogens with two attached hydrogens (primary N) is 1. The van der Waals surface area contributed by atoms with Crippen molar-refractivity contribution in [2.45, 2.75) is 17.5 Å². The van der Waals surface area contributed by atoms with Gasteiger partial charge in [0.05, 0.1) is 12.8 Å². The van der Waals surface area contributed by atoms with Gasteiger partial charge in [-0.05, 0) is 21.9 Å². The number of benzene rings is 2. The number of carbonyl (C=O) groups excluding carboxylic acids is 1. The molecule has 1 aliphatic rings. The Hall–Kier alpha value is -2.73. The molecule has 26 heavy (non-hydrogen) atoms. The number of fused-ring (bicyclic) bond motifs is 2. The zero-order valence-corrected chi connectivity index (χ0v) is 15.1. The van der Waals surface area contributed by atoms with Crippen LogP contribution in [0.2, 0.25) is 0 Å². The van der Waals surface area contributed by atoms with E-state index in [0.717, 1.165) is 21.9 Å². The summed E-state index contributed by atoms with van der Waals surface area (Å²) in [6.45, 7) is 0. The second kappa shape index (κ2) is 6.53. The summed E-state index contributed by atoms with van der Waals surface area (Å²) >= 11 is 1.43. The van der Waals surface area contributed by atoms with Gasteiger partial charge < -0.3 is 10.5 Å². The fraction of sp³-hybridized carbons (Fsp3) is 0.200. The largest absolute Gasteiger partial charge is 0.467 e. The SMILES string of the molecule is COC(=O)[C@@H]1CSc2c(N)c(Cc3cccc4ccccc34)cc(=O)n21. The molecule has 2 heterocycles. The second-order valence-corrected chi connectivity index (χ2v) is 7.27. The van der Waals surface area contributed by atoms with Crippen LogP contribution in [0.1, 0.15) is 17.2 Å². The first-order valence-corrected chi connectivity index (χ1v) is 9.30. The second-order valence-electron chi connectivity index (χ2n) is 6.26. The zero-order chi connectivity index (χ0) is 18.3. The first kappa shape index (κ1) is 16.7. The summed E-state index contributed by atoms with van der Waals surface area (Å²) in [7, 11) is 1.33. The smallest absolute Gasteiger partial charge is 0.329 e. The van der Waals surface area contributed by atoms with Crippen molar-refractivity contribution >= 4 is 34.2 Å². The van der Waals surface area contributed by atoms with Gasteiger partial charge in [-0.25, -0.2) is 4.79 Å². The van der Waals surface area contributed by atoms with Gasteiger partial charge in [0.2, 0.25) is 0 Å². The number of rotatable bonds is 3. The summed E-state index contributed by atoms with van der Waals surface area (Å²) in [5, 5.41) is 2.96. The number of pyridine rings is 1. The number of carbonyl (C=O) groups is 1. The molecule has 4 rings (SSSR count). The Morgan fingerprint density at radius 2 is 2.00 bits per heavy atom. The van der Waals surface area contributed by atoms with Crippen LogP contribution in [0.25, 0.3) is 10.8 Å². The van der Waals surface area contributed by atoms with Crippen LogP contribution in [-0.2, 0) is 16.0 Å². The van der Waals surface area contributed by atoms with Crippen molar-refractivity contribution in [3.63, 3.8) is 0 Å². The minimum absolute atomic E-state index is 0.218. The van der Waals surface area contributed by atoms with Crippen LogP contribution in [-0.4, -0.2) is 23.4 Å². The first-order valence-electron chi connectivity index (χ1n) is 8.31. The summed E-state index contributed by atoms with van der Waals surface area (Å²) in [6.07, 6.45) is 0.569. The number of hydrogen-bond donors (Lipinski definition) is 1. The number of esters is 1. The van der Waals surface area contributed by atoms with Crippen LogP contribution in [0.15, 0.2) is 58.4 Å². The molecule has 1 aromatic heterocycles. The lowest BCUT2D eigenvalue weighted by Crippen LogP contribution is -2.30. The number of thioether (sulfide) groups is 1. The average molecular weight is 366 g/mol. The topological polar surface area (TPSA) is 74.3 Å². The maximum Gasteiger partial charge on any atom is 0.329 e. The Morgan fingerprint density at radius 3 is 2.81 bits per heavy atom. The maximum absolute atomic E-state index is 12.7. The fourth-order valence-electron chi connectivity index (χ4n) is 3.45. The molecule has 6 heteroatoms. The fourth-order valence-corrected chi connectivity index (χ4v) is 4.69. The molecule has 0 bridgehead atoms. The van der Waals surface area contributed by atoms with Gasteiger partial charge in [-0.15, -0.1) is 11.8 Å². The predicted molar refractivity (Wildman–Crippen MR) is 104 cm³/mol. The highest BCUT2D eigenvalue weighted by molar-refractivity contribution is 7.99. The van der Waals surface area contributed by atoms with Crippen molar-refractivity contribution in [3.8, 4) is 0 Å². The molecule has 0 fully saturated rings. The Labute approximate surface area is 154 Å². The molecule has 0 radical (unpaired) electrons. The number of methoxy groups -OCH3 is 1. The molecule has 0 unspecified atom stereocenters. The molecule has 132 valence electrons. The lowest BCUT2D eigenvalue weighted by Gasteiger charge is -2.15. The van der Waals surface area contributed by atoms with E-state index in [0.29, 0.717) is 22.9 Å². The van der Waals surface area contributed by atoms with Gasteiger partial charge in [0.15, 0.2) is 0 Å². The van der Waals surface area contributed by atoms with Crippen molar-refractivity contribution in [2.24, 2.45) is 0 Å². The third kappa shape index (κ3) is 2.66. The maximum atomic E-state index is 12.7. The van der Waals surface area contributed by atoms with Crippen molar-refractivity contribution in [1.82, 2.24) is 4.57 Å². The third-order valence-corrected chi connectivity index (χ3v) is 5.93. The Balaban J connectivity index is 1.79. The van der Waals surface area contributed by atoms with Crippen LogP contribution in [0.4, 0.5) is 5.69 Å². The van der Waals surface area contributed by atoms with E-state index in [2.05, 4.69) is 24.3 Å². The van der Waals surface area contributed by atoms with E-state index >= 15 is 0 Å². The van der Waals surface area contributed by atoms with Crippen molar-refractivity contribution in [1.29, 1.82) is 0 Å². The minimum Gasteiger partial charge on any atom is -0.467 e. The normalized spacial score (nSPS) is 15.8. The quantitative estimate of drug-likeness (QED) is 0.722. The monoisotopic (exact) mass is 366 g/mol. The molecular formula is C20H18N2O3S. The summed E-state index contributed by atoms with van der Waals surface area (Å²) in [4.78, 5) is 24.6. The van der Waals surface area contributed by atoms with Gasteiger partial charge in [0.25, 0.3) is 5.56 Å². The van der Waals surface area contributed by atoms with E-state index in [1.54, 1.807) is 6.07 Å². The van der Waals surface area contributed by atoms with E-state index in [1.165, 1.54) is 23.4 Å². The van der Waals surface area contributed by atoms with Gasteiger partial charge in [-0.1, -0.05) is 42.5 Å². The average Bonchev–Trinajstić information content (AvgIpc) is 3.11. The van der Waals surface area contributed by atoms with E-state index in [4.69, 9.17) is 10.5 Å². The van der Waals surface area contributed by atoms with Crippen molar-refractivity contribution < 1.29 is 9.53 Å². The van der Waals surface area contributed by atoms with Crippen LogP contribution in [0, 0.1) is 0 Å². The molecule has 0 saturated heterocycles.